The SMILES string of the molecule is Cc1cccc2nc(-c3ccc(Br)cc3F)oc12. The summed E-state index contributed by atoms with van der Waals surface area (Å²) in [5.74, 6) is -0.0436. The third kappa shape index (κ3) is 1.82. The molecule has 3 rings (SSSR count). The van der Waals surface area contributed by atoms with Crippen LogP contribution in [0.3, 0.4) is 0 Å². The summed E-state index contributed by atoms with van der Waals surface area (Å²) in [4.78, 5) is 4.31. The average molecular weight is 306 g/mol. The molecule has 2 aromatic carbocycles. The second-order valence-electron chi connectivity index (χ2n) is 4.07. The monoisotopic (exact) mass is 305 g/mol. The minimum atomic E-state index is -0.353. The zero-order valence-electron chi connectivity index (χ0n) is 9.58. The maximum atomic E-state index is 13.8. The number of oxazole rings is 1. The van der Waals surface area contributed by atoms with Crippen LogP contribution in [-0.2, 0) is 0 Å². The Labute approximate surface area is 112 Å². The smallest absolute Gasteiger partial charge is 0.230 e. The summed E-state index contributed by atoms with van der Waals surface area (Å²) in [7, 11) is 0. The van der Waals surface area contributed by atoms with Gasteiger partial charge in [0.2, 0.25) is 5.89 Å². The summed E-state index contributed by atoms with van der Waals surface area (Å²) in [5.41, 5.74) is 2.81. The largest absolute Gasteiger partial charge is 0.436 e. The quantitative estimate of drug-likeness (QED) is 0.651. The Balaban J connectivity index is 2.23. The molecule has 0 fully saturated rings. The first-order chi connectivity index (χ1) is 8.65. The van der Waals surface area contributed by atoms with Crippen molar-refractivity contribution in [2.75, 3.05) is 0 Å². The van der Waals surface area contributed by atoms with Gasteiger partial charge in [0.1, 0.15) is 11.3 Å². The Kier molecular flexibility index (Phi) is 2.67. The van der Waals surface area contributed by atoms with Crippen molar-refractivity contribution in [3.8, 4) is 11.5 Å². The van der Waals surface area contributed by atoms with Crippen molar-refractivity contribution >= 4 is 27.0 Å². The lowest BCUT2D eigenvalue weighted by Crippen LogP contribution is -1.83. The number of fused-ring (bicyclic) bond motifs is 1. The molecule has 1 heterocycles. The van der Waals surface area contributed by atoms with E-state index in [2.05, 4.69) is 20.9 Å². The molecule has 0 amide bonds. The summed E-state index contributed by atoms with van der Waals surface area (Å²) in [5, 5.41) is 0. The highest BCUT2D eigenvalue weighted by atomic mass is 79.9. The number of nitrogens with zero attached hydrogens (tertiary/aromatic N) is 1. The predicted molar refractivity (Wildman–Crippen MR) is 71.8 cm³/mol. The van der Waals surface area contributed by atoms with Crippen molar-refractivity contribution in [1.82, 2.24) is 4.98 Å². The van der Waals surface area contributed by atoms with Gasteiger partial charge in [0.05, 0.1) is 5.56 Å². The number of hydrogen-bond donors (Lipinski definition) is 0. The van der Waals surface area contributed by atoms with Crippen molar-refractivity contribution < 1.29 is 8.81 Å². The topological polar surface area (TPSA) is 26.0 Å². The number of halogens is 2. The lowest BCUT2D eigenvalue weighted by atomic mass is 10.2. The third-order valence-corrected chi connectivity index (χ3v) is 3.27. The number of para-hydroxylation sites is 1. The lowest BCUT2D eigenvalue weighted by Gasteiger charge is -1.98. The molecule has 0 saturated heterocycles. The van der Waals surface area contributed by atoms with Crippen molar-refractivity contribution in [2.45, 2.75) is 6.92 Å². The number of hydrogen-bond acceptors (Lipinski definition) is 2. The first-order valence-electron chi connectivity index (χ1n) is 5.47. The predicted octanol–water partition coefficient (Wildman–Crippen LogP) is 4.70. The van der Waals surface area contributed by atoms with Gasteiger partial charge in [-0.15, -0.1) is 0 Å². The van der Waals surface area contributed by atoms with E-state index in [9.17, 15) is 4.39 Å². The fourth-order valence-electron chi connectivity index (χ4n) is 1.86. The highest BCUT2D eigenvalue weighted by Crippen LogP contribution is 2.29. The molecule has 0 radical (unpaired) electrons. The van der Waals surface area contributed by atoms with E-state index in [4.69, 9.17) is 4.42 Å². The van der Waals surface area contributed by atoms with Crippen LogP contribution < -0.4 is 0 Å². The molecule has 0 bridgehead atoms. The Morgan fingerprint density at radius 1 is 1.22 bits per heavy atom. The second-order valence-corrected chi connectivity index (χ2v) is 4.98. The van der Waals surface area contributed by atoms with E-state index in [0.717, 1.165) is 11.1 Å². The Hall–Kier alpha value is -1.68. The van der Waals surface area contributed by atoms with Crippen LogP contribution >= 0.6 is 15.9 Å². The van der Waals surface area contributed by atoms with Crippen molar-refractivity contribution in [1.29, 1.82) is 0 Å². The number of rotatable bonds is 1. The van der Waals surface area contributed by atoms with Gasteiger partial charge in [0.25, 0.3) is 0 Å². The van der Waals surface area contributed by atoms with E-state index in [0.29, 0.717) is 21.5 Å². The van der Waals surface area contributed by atoms with E-state index in [1.807, 2.05) is 25.1 Å². The van der Waals surface area contributed by atoms with Gasteiger partial charge in [-0.2, -0.15) is 0 Å². The zero-order chi connectivity index (χ0) is 12.7. The third-order valence-electron chi connectivity index (χ3n) is 2.77. The molecule has 0 unspecified atom stereocenters. The molecule has 0 N–H and O–H groups in total. The standard InChI is InChI=1S/C14H9BrFNO/c1-8-3-2-4-12-13(8)18-14(17-12)10-6-5-9(15)7-11(10)16/h2-7H,1H3. The van der Waals surface area contributed by atoms with E-state index < -0.39 is 0 Å². The summed E-state index contributed by atoms with van der Waals surface area (Å²) < 4.78 is 20.2. The lowest BCUT2D eigenvalue weighted by molar-refractivity contribution is 0.592. The average Bonchev–Trinajstić information content (AvgIpc) is 2.74. The van der Waals surface area contributed by atoms with Gasteiger partial charge in [0.15, 0.2) is 5.58 Å². The Bertz CT molecular complexity index is 736. The Morgan fingerprint density at radius 3 is 2.78 bits per heavy atom. The van der Waals surface area contributed by atoms with E-state index in [1.165, 1.54) is 6.07 Å². The minimum Gasteiger partial charge on any atom is -0.436 e. The van der Waals surface area contributed by atoms with Crippen molar-refractivity contribution in [2.24, 2.45) is 0 Å². The molecule has 0 saturated carbocycles. The van der Waals surface area contributed by atoms with Crippen LogP contribution in [-0.4, -0.2) is 4.98 Å². The number of aromatic nitrogens is 1. The van der Waals surface area contributed by atoms with Gasteiger partial charge < -0.3 is 4.42 Å². The van der Waals surface area contributed by atoms with Gasteiger partial charge in [-0.05, 0) is 36.8 Å². The molecule has 0 atom stereocenters. The normalized spacial score (nSPS) is 11.1. The van der Waals surface area contributed by atoms with Gasteiger partial charge in [-0.3, -0.25) is 0 Å². The van der Waals surface area contributed by atoms with E-state index in [1.54, 1.807) is 12.1 Å². The summed E-state index contributed by atoms with van der Waals surface area (Å²) in [6, 6.07) is 10.5. The fraction of sp³-hybridized carbons (Fsp3) is 0.0714. The molecule has 0 spiro atoms. The molecule has 18 heavy (non-hydrogen) atoms. The maximum absolute atomic E-state index is 13.8. The van der Waals surface area contributed by atoms with Crippen molar-refractivity contribution in [3.63, 3.8) is 0 Å². The highest BCUT2D eigenvalue weighted by molar-refractivity contribution is 9.10. The van der Waals surface area contributed by atoms with Crippen LogP contribution in [0.4, 0.5) is 4.39 Å². The van der Waals surface area contributed by atoms with Crippen LogP contribution in [0.15, 0.2) is 45.3 Å². The zero-order valence-corrected chi connectivity index (χ0v) is 11.2. The second kappa shape index (κ2) is 4.21. The van der Waals surface area contributed by atoms with Crippen molar-refractivity contribution in [3.05, 3.63) is 52.3 Å². The molecule has 2 nitrogen and oxygen atoms in total. The molecule has 1 aromatic heterocycles. The van der Waals surface area contributed by atoms with Gasteiger partial charge >= 0.3 is 0 Å². The highest BCUT2D eigenvalue weighted by Gasteiger charge is 2.13. The first-order valence-corrected chi connectivity index (χ1v) is 6.26. The molecular weight excluding hydrogens is 297 g/mol. The van der Waals surface area contributed by atoms with E-state index in [-0.39, 0.29) is 5.82 Å². The van der Waals surface area contributed by atoms with Gasteiger partial charge in [-0.25, -0.2) is 9.37 Å². The molecule has 3 aromatic rings. The van der Waals surface area contributed by atoms with Gasteiger partial charge in [0, 0.05) is 4.47 Å². The van der Waals surface area contributed by atoms with Crippen LogP contribution in [0, 0.1) is 12.7 Å². The Morgan fingerprint density at radius 2 is 2.06 bits per heavy atom. The summed E-state index contributed by atoms with van der Waals surface area (Å²) in [6.07, 6.45) is 0. The molecule has 0 aliphatic heterocycles. The maximum Gasteiger partial charge on any atom is 0.230 e. The van der Waals surface area contributed by atoms with Crippen LogP contribution in [0.1, 0.15) is 5.56 Å². The molecule has 0 aliphatic carbocycles. The summed E-state index contributed by atoms with van der Waals surface area (Å²) in [6.45, 7) is 1.94. The van der Waals surface area contributed by atoms with Gasteiger partial charge in [-0.1, -0.05) is 28.1 Å². The van der Waals surface area contributed by atoms with Crippen LogP contribution in [0.25, 0.3) is 22.6 Å². The molecule has 90 valence electrons. The molecular formula is C14H9BrFNO. The minimum absolute atomic E-state index is 0.310. The number of benzene rings is 2. The fourth-order valence-corrected chi connectivity index (χ4v) is 2.20. The summed E-state index contributed by atoms with van der Waals surface area (Å²) >= 11 is 3.22. The number of aryl methyl sites for hydroxylation is 1. The van der Waals surface area contributed by atoms with E-state index >= 15 is 0 Å². The van der Waals surface area contributed by atoms with Crippen LogP contribution in [0.2, 0.25) is 0 Å². The van der Waals surface area contributed by atoms with Crippen LogP contribution in [0.5, 0.6) is 0 Å². The molecule has 0 aliphatic rings. The first kappa shape index (κ1) is 11.4. The molecule has 4 heteroatoms.